The van der Waals surface area contributed by atoms with Crippen molar-refractivity contribution in [3.63, 3.8) is 0 Å². The number of carbonyl (C=O) groups excluding carboxylic acids is 1. The average Bonchev–Trinajstić information content (AvgIpc) is 3.16. The Morgan fingerprint density at radius 2 is 1.93 bits per heavy atom. The molecule has 0 bridgehead atoms. The fourth-order valence-electron chi connectivity index (χ4n) is 3.13. The van der Waals surface area contributed by atoms with E-state index in [9.17, 15) is 4.79 Å². The second-order valence-corrected chi connectivity index (χ2v) is 7.47. The Morgan fingerprint density at radius 1 is 1.18 bits per heavy atom. The van der Waals surface area contributed by atoms with Crippen molar-refractivity contribution in [2.24, 2.45) is 0 Å². The Hall–Kier alpha value is -3.00. The third-order valence-corrected chi connectivity index (χ3v) is 5.81. The molecular weight excluding hydrogens is 374 g/mol. The van der Waals surface area contributed by atoms with Crippen LogP contribution in [0.2, 0.25) is 0 Å². The van der Waals surface area contributed by atoms with Gasteiger partial charge in [0.2, 0.25) is 11.1 Å². The largest absolute Gasteiger partial charge is 0.497 e. The Labute approximate surface area is 167 Å². The number of nitrogens with zero attached hydrogens (tertiary/aromatic N) is 3. The molecule has 0 radical (unpaired) electrons. The number of aromatic nitrogens is 3. The summed E-state index contributed by atoms with van der Waals surface area (Å²) in [5.74, 6) is 1.50. The third-order valence-electron chi connectivity index (χ3n) is 4.59. The number of thioether (sulfide) groups is 1. The normalized spacial score (nSPS) is 18.1. The number of methoxy groups -OCH3 is 1. The standard InChI is InChI=1S/C20H21N5O2S/c1-3-16-22-23-20-25(16)24-17(13-7-5-4-6-8-13)18(28-20)19(26)21-14-9-11-15(27-2)12-10-14/h4-12,17-18,24H,3H2,1-2H3,(H,21,26)/t17-,18+/m1/s1. The van der Waals surface area contributed by atoms with Crippen LogP contribution in [-0.2, 0) is 11.2 Å². The first-order valence-corrected chi connectivity index (χ1v) is 9.95. The first-order valence-electron chi connectivity index (χ1n) is 9.07. The van der Waals surface area contributed by atoms with Crippen molar-refractivity contribution >= 4 is 23.4 Å². The van der Waals surface area contributed by atoms with E-state index in [4.69, 9.17) is 4.74 Å². The Kier molecular flexibility index (Phi) is 5.21. The molecule has 1 amide bonds. The molecule has 0 saturated heterocycles. The zero-order chi connectivity index (χ0) is 19.5. The van der Waals surface area contributed by atoms with Crippen molar-refractivity contribution in [1.82, 2.24) is 14.9 Å². The summed E-state index contributed by atoms with van der Waals surface area (Å²) in [7, 11) is 1.61. The van der Waals surface area contributed by atoms with Gasteiger partial charge in [-0.2, -0.15) is 0 Å². The van der Waals surface area contributed by atoms with Crippen LogP contribution in [0.25, 0.3) is 0 Å². The van der Waals surface area contributed by atoms with Gasteiger partial charge in [-0.15, -0.1) is 10.2 Å². The van der Waals surface area contributed by atoms with E-state index in [0.29, 0.717) is 5.16 Å². The van der Waals surface area contributed by atoms with Crippen LogP contribution in [0.1, 0.15) is 24.4 Å². The van der Waals surface area contributed by atoms with Crippen molar-refractivity contribution in [1.29, 1.82) is 0 Å². The predicted octanol–water partition coefficient (Wildman–Crippen LogP) is 3.25. The van der Waals surface area contributed by atoms with Gasteiger partial charge in [0, 0.05) is 12.1 Å². The monoisotopic (exact) mass is 395 g/mol. The highest BCUT2D eigenvalue weighted by Crippen LogP contribution is 2.37. The number of benzene rings is 2. The van der Waals surface area contributed by atoms with Gasteiger partial charge < -0.3 is 15.5 Å². The van der Waals surface area contributed by atoms with E-state index in [2.05, 4.69) is 20.9 Å². The van der Waals surface area contributed by atoms with E-state index in [1.54, 1.807) is 7.11 Å². The summed E-state index contributed by atoms with van der Waals surface area (Å²) in [6.07, 6.45) is 0.755. The van der Waals surface area contributed by atoms with Crippen LogP contribution in [0.15, 0.2) is 59.8 Å². The molecule has 28 heavy (non-hydrogen) atoms. The molecule has 0 unspecified atom stereocenters. The van der Waals surface area contributed by atoms with E-state index in [-0.39, 0.29) is 11.9 Å². The minimum absolute atomic E-state index is 0.0937. The van der Waals surface area contributed by atoms with Crippen molar-refractivity contribution in [3.8, 4) is 5.75 Å². The first kappa shape index (κ1) is 18.4. The van der Waals surface area contributed by atoms with Gasteiger partial charge in [-0.25, -0.2) is 4.68 Å². The molecule has 2 N–H and O–H groups in total. The maximum absolute atomic E-state index is 13.1. The van der Waals surface area contributed by atoms with Gasteiger partial charge >= 0.3 is 0 Å². The van der Waals surface area contributed by atoms with Gasteiger partial charge in [0.15, 0.2) is 5.82 Å². The maximum Gasteiger partial charge on any atom is 0.240 e. The second kappa shape index (κ2) is 7.93. The fraction of sp³-hybridized carbons (Fsp3) is 0.250. The Balaban J connectivity index is 1.62. The Bertz CT molecular complexity index is 958. The molecule has 8 heteroatoms. The van der Waals surface area contributed by atoms with E-state index >= 15 is 0 Å². The molecule has 2 heterocycles. The quantitative estimate of drug-likeness (QED) is 0.690. The lowest BCUT2D eigenvalue weighted by Gasteiger charge is -2.33. The summed E-state index contributed by atoms with van der Waals surface area (Å²) < 4.78 is 7.06. The van der Waals surface area contributed by atoms with Crippen LogP contribution in [0, 0.1) is 0 Å². The number of fused-ring (bicyclic) bond motifs is 1. The van der Waals surface area contributed by atoms with Gasteiger partial charge in [0.05, 0.1) is 13.2 Å². The van der Waals surface area contributed by atoms with Crippen LogP contribution in [-0.4, -0.2) is 33.1 Å². The number of anilines is 1. The van der Waals surface area contributed by atoms with Crippen LogP contribution in [0.4, 0.5) is 5.69 Å². The average molecular weight is 395 g/mol. The smallest absolute Gasteiger partial charge is 0.240 e. The summed E-state index contributed by atoms with van der Waals surface area (Å²) in [5, 5.41) is 11.8. The number of hydrogen-bond donors (Lipinski definition) is 2. The number of carbonyl (C=O) groups is 1. The minimum Gasteiger partial charge on any atom is -0.497 e. The molecule has 7 nitrogen and oxygen atoms in total. The van der Waals surface area contributed by atoms with Gasteiger partial charge in [0.25, 0.3) is 0 Å². The summed E-state index contributed by atoms with van der Waals surface area (Å²) in [6, 6.07) is 17.0. The number of aryl methyl sites for hydroxylation is 1. The van der Waals surface area contributed by atoms with Gasteiger partial charge in [-0.1, -0.05) is 49.0 Å². The number of hydrogen-bond acceptors (Lipinski definition) is 6. The summed E-state index contributed by atoms with van der Waals surface area (Å²) >= 11 is 1.42. The lowest BCUT2D eigenvalue weighted by Crippen LogP contribution is -2.41. The molecule has 1 aliphatic heterocycles. The third kappa shape index (κ3) is 3.55. The minimum atomic E-state index is -0.397. The van der Waals surface area contributed by atoms with Gasteiger partial charge in [0.1, 0.15) is 11.0 Å². The molecule has 1 aliphatic rings. The highest BCUT2D eigenvalue weighted by atomic mass is 32.2. The van der Waals surface area contributed by atoms with Crippen molar-refractivity contribution in [2.75, 3.05) is 17.9 Å². The first-order chi connectivity index (χ1) is 13.7. The topological polar surface area (TPSA) is 81.1 Å². The van der Waals surface area contributed by atoms with Crippen LogP contribution >= 0.6 is 11.8 Å². The molecule has 4 rings (SSSR count). The van der Waals surface area contributed by atoms with Crippen molar-refractivity contribution in [2.45, 2.75) is 29.8 Å². The fourth-order valence-corrected chi connectivity index (χ4v) is 4.22. The molecule has 0 spiro atoms. The molecule has 1 aromatic heterocycles. The lowest BCUT2D eigenvalue weighted by atomic mass is 10.0. The SMILES string of the molecule is CCc1nnc2n1N[C@H](c1ccccc1)[C@@H](C(=O)Nc1ccc(OC)cc1)S2. The lowest BCUT2D eigenvalue weighted by molar-refractivity contribution is -0.116. The van der Waals surface area contributed by atoms with E-state index in [0.717, 1.165) is 29.2 Å². The predicted molar refractivity (Wildman–Crippen MR) is 109 cm³/mol. The van der Waals surface area contributed by atoms with Gasteiger partial charge in [-0.05, 0) is 29.8 Å². The zero-order valence-electron chi connectivity index (χ0n) is 15.6. The molecule has 0 saturated carbocycles. The van der Waals surface area contributed by atoms with E-state index < -0.39 is 5.25 Å². The summed E-state index contributed by atoms with van der Waals surface area (Å²) in [6.45, 7) is 2.03. The van der Waals surface area contributed by atoms with Gasteiger partial charge in [-0.3, -0.25) is 4.79 Å². The summed E-state index contributed by atoms with van der Waals surface area (Å²) in [5.41, 5.74) is 5.19. The molecule has 2 aromatic carbocycles. The molecule has 0 fully saturated rings. The molecule has 0 aliphatic carbocycles. The number of nitrogens with one attached hydrogen (secondary N) is 2. The van der Waals surface area contributed by atoms with Crippen molar-refractivity contribution < 1.29 is 9.53 Å². The summed E-state index contributed by atoms with van der Waals surface area (Å²) in [4.78, 5) is 13.1. The molecule has 3 aromatic rings. The molecular formula is C20H21N5O2S. The highest BCUT2D eigenvalue weighted by Gasteiger charge is 2.37. The van der Waals surface area contributed by atoms with E-state index in [1.165, 1.54) is 11.8 Å². The second-order valence-electron chi connectivity index (χ2n) is 6.36. The maximum atomic E-state index is 13.1. The van der Waals surface area contributed by atoms with E-state index in [1.807, 2.05) is 66.2 Å². The number of ether oxygens (including phenoxy) is 1. The molecule has 144 valence electrons. The number of amides is 1. The zero-order valence-corrected chi connectivity index (χ0v) is 16.4. The van der Waals surface area contributed by atoms with Crippen LogP contribution in [0.3, 0.4) is 0 Å². The molecule has 2 atom stereocenters. The van der Waals surface area contributed by atoms with Crippen LogP contribution in [0.5, 0.6) is 5.75 Å². The Morgan fingerprint density at radius 3 is 2.61 bits per heavy atom. The van der Waals surface area contributed by atoms with Crippen molar-refractivity contribution in [3.05, 3.63) is 66.0 Å². The highest BCUT2D eigenvalue weighted by molar-refractivity contribution is 8.00. The van der Waals surface area contributed by atoms with Crippen LogP contribution < -0.4 is 15.5 Å². The number of rotatable bonds is 5.